The third kappa shape index (κ3) is 4.39. The van der Waals surface area contributed by atoms with Gasteiger partial charge in [-0.1, -0.05) is 47.5 Å². The van der Waals surface area contributed by atoms with Gasteiger partial charge in [-0.15, -0.1) is 0 Å². The zero-order valence-corrected chi connectivity index (χ0v) is 19.7. The van der Waals surface area contributed by atoms with E-state index in [-0.39, 0.29) is 28.6 Å². The molecule has 2 aromatic carbocycles. The fourth-order valence-electron chi connectivity index (χ4n) is 5.44. The third-order valence-corrected chi connectivity index (χ3v) is 7.20. The fourth-order valence-corrected chi connectivity index (χ4v) is 5.88. The van der Waals surface area contributed by atoms with E-state index < -0.39 is 0 Å². The van der Waals surface area contributed by atoms with Gasteiger partial charge in [0.05, 0.1) is 0 Å². The van der Waals surface area contributed by atoms with Crippen LogP contribution in [0.1, 0.15) is 24.0 Å². The summed E-state index contributed by atoms with van der Waals surface area (Å²) in [6.45, 7) is 4.07. The predicted octanol–water partition coefficient (Wildman–Crippen LogP) is 5.94. The van der Waals surface area contributed by atoms with Gasteiger partial charge in [-0.3, -0.25) is 0 Å². The van der Waals surface area contributed by atoms with E-state index >= 15 is 0 Å². The highest BCUT2D eigenvalue weighted by Crippen LogP contribution is 2.57. The van der Waals surface area contributed by atoms with Crippen molar-refractivity contribution < 1.29 is 18.9 Å². The minimum absolute atomic E-state index is 0.0647. The first kappa shape index (κ1) is 21.4. The number of benzene rings is 2. The maximum absolute atomic E-state index is 6.17. The first-order chi connectivity index (χ1) is 15.5. The average molecular weight is 467 g/mol. The van der Waals surface area contributed by atoms with Crippen molar-refractivity contribution >= 4 is 34.9 Å². The number of rotatable bonds is 4. The number of aryl methyl sites for hydroxylation is 2. The second kappa shape index (κ2) is 8.83. The van der Waals surface area contributed by atoms with Crippen LogP contribution in [0.5, 0.6) is 11.5 Å². The molecule has 0 radical (unpaired) electrons. The Kier molecular flexibility index (Phi) is 5.91. The van der Waals surface area contributed by atoms with Crippen LogP contribution in [0.15, 0.2) is 60.7 Å². The predicted molar refractivity (Wildman–Crippen MR) is 131 cm³/mol. The van der Waals surface area contributed by atoms with Crippen molar-refractivity contribution in [2.45, 2.75) is 38.9 Å². The molecule has 0 amide bonds. The van der Waals surface area contributed by atoms with Crippen LogP contribution in [0.2, 0.25) is 0 Å². The lowest BCUT2D eigenvalue weighted by atomic mass is 9.91. The van der Waals surface area contributed by atoms with Gasteiger partial charge in [-0.25, -0.2) is 0 Å². The molecule has 5 unspecified atom stereocenters. The van der Waals surface area contributed by atoms with Gasteiger partial charge in [0.2, 0.25) is 0 Å². The first-order valence-electron chi connectivity index (χ1n) is 11.0. The molecule has 3 aliphatic carbocycles. The van der Waals surface area contributed by atoms with Crippen LogP contribution >= 0.6 is 24.4 Å². The first-order valence-corrected chi connectivity index (χ1v) is 11.9. The molecule has 0 N–H and O–H groups in total. The van der Waals surface area contributed by atoms with E-state index in [1.54, 1.807) is 0 Å². The van der Waals surface area contributed by atoms with Gasteiger partial charge < -0.3 is 18.9 Å². The van der Waals surface area contributed by atoms with Crippen LogP contribution in [-0.2, 0) is 9.47 Å². The van der Waals surface area contributed by atoms with Gasteiger partial charge in [-0.05, 0) is 68.7 Å². The summed E-state index contributed by atoms with van der Waals surface area (Å²) in [7, 11) is 0. The maximum atomic E-state index is 6.17. The Balaban J connectivity index is 1.24. The largest absolute Gasteiger partial charge is 0.453 e. The molecule has 6 atom stereocenters. The fraction of sp³-hybridized carbons (Fsp3) is 0.385. The molecule has 0 saturated heterocycles. The lowest BCUT2D eigenvalue weighted by Crippen LogP contribution is -2.34. The summed E-state index contributed by atoms with van der Waals surface area (Å²) in [4.78, 5) is 0. The molecule has 0 aromatic heterocycles. The number of hydrogen-bond donors (Lipinski definition) is 0. The van der Waals surface area contributed by atoms with Crippen LogP contribution in [0.3, 0.4) is 0 Å². The van der Waals surface area contributed by atoms with Crippen molar-refractivity contribution in [1.82, 2.24) is 0 Å². The van der Waals surface area contributed by atoms with Crippen molar-refractivity contribution in [3.63, 3.8) is 0 Å². The van der Waals surface area contributed by atoms with Crippen LogP contribution in [-0.4, -0.2) is 22.7 Å². The minimum atomic E-state index is -0.0647. The van der Waals surface area contributed by atoms with Crippen molar-refractivity contribution in [3.05, 3.63) is 71.8 Å². The molecular formula is C26H26O4S2. The standard InChI is InChI=1S/C26H26O4S2/c1-15-3-9-19(10-4-15)27-25(31)29-21-13-17-7-8-18-14-22(24(21)23(17)18)30-26(32)28-20-11-5-16(2)6-12-20/h3-12,17-18,21-24H,13-14H2,1-2H3/t17?,18?,21-,22?,23?,24?/m1/s1. The molecule has 4 nitrogen and oxygen atoms in total. The van der Waals surface area contributed by atoms with Crippen LogP contribution in [0.4, 0.5) is 0 Å². The molecule has 0 heterocycles. The monoisotopic (exact) mass is 466 g/mol. The molecule has 2 aromatic rings. The zero-order valence-electron chi connectivity index (χ0n) is 18.1. The lowest BCUT2D eigenvalue weighted by molar-refractivity contribution is 0.0370. The summed E-state index contributed by atoms with van der Waals surface area (Å²) in [5, 5.41) is 0.312. The molecule has 32 heavy (non-hydrogen) atoms. The van der Waals surface area contributed by atoms with Gasteiger partial charge in [0.15, 0.2) is 0 Å². The molecule has 0 aliphatic heterocycles. The minimum Gasteiger partial charge on any atom is -0.453 e. The highest BCUT2D eigenvalue weighted by atomic mass is 32.1. The van der Waals surface area contributed by atoms with E-state index in [0.717, 1.165) is 12.8 Å². The highest BCUT2D eigenvalue weighted by molar-refractivity contribution is 7.80. The third-order valence-electron chi connectivity index (χ3n) is 6.85. The van der Waals surface area contributed by atoms with Crippen LogP contribution in [0, 0.1) is 37.5 Å². The van der Waals surface area contributed by atoms with Gasteiger partial charge in [0, 0.05) is 30.4 Å². The van der Waals surface area contributed by atoms with Crippen molar-refractivity contribution in [2.75, 3.05) is 0 Å². The molecule has 166 valence electrons. The highest BCUT2D eigenvalue weighted by Gasteiger charge is 2.58. The molecule has 0 bridgehead atoms. The molecular weight excluding hydrogens is 440 g/mol. The Labute approximate surface area is 199 Å². The average Bonchev–Trinajstić information content (AvgIpc) is 3.41. The Hall–Kier alpha value is -2.44. The Morgan fingerprint density at radius 3 is 1.47 bits per heavy atom. The van der Waals surface area contributed by atoms with Gasteiger partial charge >= 0.3 is 10.5 Å². The SMILES string of the molecule is Cc1ccc(OC(=S)OC2CC3C=CC4C[C@@H](OC(=S)Oc5ccc(C)cc5)C2C34)cc1. The smallest absolute Gasteiger partial charge is 0.358 e. The number of allylic oxidation sites excluding steroid dienone is 2. The Morgan fingerprint density at radius 1 is 0.656 bits per heavy atom. The Bertz CT molecular complexity index is 949. The summed E-state index contributed by atoms with van der Waals surface area (Å²) >= 11 is 10.8. The topological polar surface area (TPSA) is 36.9 Å². The van der Waals surface area contributed by atoms with Crippen molar-refractivity contribution in [2.24, 2.45) is 23.7 Å². The van der Waals surface area contributed by atoms with Gasteiger partial charge in [-0.2, -0.15) is 0 Å². The molecule has 2 fully saturated rings. The van der Waals surface area contributed by atoms with E-state index in [1.807, 2.05) is 62.4 Å². The van der Waals surface area contributed by atoms with E-state index in [2.05, 4.69) is 12.2 Å². The van der Waals surface area contributed by atoms with Crippen LogP contribution < -0.4 is 9.47 Å². The second-order valence-corrected chi connectivity index (χ2v) is 9.65. The van der Waals surface area contributed by atoms with E-state index in [0.29, 0.717) is 29.3 Å². The molecule has 3 aliphatic rings. The van der Waals surface area contributed by atoms with Crippen molar-refractivity contribution in [1.29, 1.82) is 0 Å². The van der Waals surface area contributed by atoms with E-state index in [9.17, 15) is 0 Å². The van der Waals surface area contributed by atoms with E-state index in [1.165, 1.54) is 11.1 Å². The molecule has 5 rings (SSSR count). The number of hydrogen-bond acceptors (Lipinski definition) is 6. The van der Waals surface area contributed by atoms with Gasteiger partial charge in [0.25, 0.3) is 0 Å². The van der Waals surface area contributed by atoms with Crippen LogP contribution in [0.25, 0.3) is 0 Å². The molecule has 0 spiro atoms. The molecule has 6 heteroatoms. The molecule has 2 saturated carbocycles. The summed E-state index contributed by atoms with van der Waals surface area (Å²) in [5.74, 6) is 3.02. The summed E-state index contributed by atoms with van der Waals surface area (Å²) in [5.41, 5.74) is 2.33. The second-order valence-electron chi connectivity index (χ2n) is 8.98. The number of ether oxygens (including phenoxy) is 4. The summed E-state index contributed by atoms with van der Waals surface area (Å²) in [6, 6.07) is 15.6. The lowest BCUT2D eigenvalue weighted by Gasteiger charge is -2.26. The van der Waals surface area contributed by atoms with E-state index in [4.69, 9.17) is 43.4 Å². The number of thiocarbonyl (C=S) groups is 2. The zero-order chi connectivity index (χ0) is 22.2. The van der Waals surface area contributed by atoms with Gasteiger partial charge in [0.1, 0.15) is 23.7 Å². The maximum Gasteiger partial charge on any atom is 0.358 e. The quantitative estimate of drug-likeness (QED) is 0.410. The summed E-state index contributed by atoms with van der Waals surface area (Å²) < 4.78 is 23.9. The normalized spacial score (nSPS) is 29.4. The van der Waals surface area contributed by atoms with Crippen molar-refractivity contribution in [3.8, 4) is 11.5 Å². The Morgan fingerprint density at radius 2 is 1.06 bits per heavy atom. The summed E-state index contributed by atoms with van der Waals surface area (Å²) in [6.07, 6.45) is 6.34.